The van der Waals surface area contributed by atoms with Gasteiger partial charge < -0.3 is 4.74 Å². The summed E-state index contributed by atoms with van der Waals surface area (Å²) in [5.41, 5.74) is -0.0440. The molecule has 0 unspecified atom stereocenters. The molecule has 118 valence electrons. The second-order valence-corrected chi connectivity index (χ2v) is 5.87. The van der Waals surface area contributed by atoms with E-state index in [9.17, 15) is 18.0 Å². The molecule has 0 fully saturated rings. The first-order chi connectivity index (χ1) is 9.64. The Morgan fingerprint density at radius 3 is 2.19 bits per heavy atom. The Hall–Kier alpha value is -1.52. The third-order valence-electron chi connectivity index (χ3n) is 3.48. The maximum atomic E-state index is 12.4. The van der Waals surface area contributed by atoms with E-state index in [1.165, 1.54) is 12.1 Å². The van der Waals surface area contributed by atoms with Crippen LogP contribution in [0.15, 0.2) is 24.3 Å². The molecule has 0 atom stereocenters. The third-order valence-corrected chi connectivity index (χ3v) is 3.48. The molecule has 0 N–H and O–H groups in total. The third kappa shape index (κ3) is 6.19. The number of carbonyl (C=O) groups excluding carboxylic acids is 1. The molecule has 0 aliphatic carbocycles. The van der Waals surface area contributed by atoms with Gasteiger partial charge in [0.1, 0.15) is 0 Å². The Balaban J connectivity index is 2.43. The van der Waals surface area contributed by atoms with Gasteiger partial charge in [0, 0.05) is 6.42 Å². The lowest BCUT2D eigenvalue weighted by atomic mass is 9.92. The van der Waals surface area contributed by atoms with Crippen LogP contribution >= 0.6 is 0 Å². The van der Waals surface area contributed by atoms with Crippen LogP contribution < -0.4 is 0 Å². The van der Waals surface area contributed by atoms with E-state index in [2.05, 4.69) is 0 Å². The molecule has 0 saturated carbocycles. The van der Waals surface area contributed by atoms with Crippen molar-refractivity contribution in [2.75, 3.05) is 6.61 Å². The number of hydrogen-bond acceptors (Lipinski definition) is 2. The van der Waals surface area contributed by atoms with Gasteiger partial charge in [-0.25, -0.2) is 0 Å². The quantitative estimate of drug-likeness (QED) is 0.717. The Morgan fingerprint density at radius 2 is 1.71 bits per heavy atom. The van der Waals surface area contributed by atoms with Crippen LogP contribution in [0.3, 0.4) is 0 Å². The zero-order chi connectivity index (χ0) is 16.1. The van der Waals surface area contributed by atoms with Crippen LogP contribution in [0, 0.1) is 5.41 Å². The van der Waals surface area contributed by atoms with E-state index < -0.39 is 11.7 Å². The monoisotopic (exact) mass is 302 g/mol. The molecule has 0 aromatic heterocycles. The van der Waals surface area contributed by atoms with Crippen molar-refractivity contribution in [2.45, 2.75) is 46.2 Å². The van der Waals surface area contributed by atoms with Crippen LogP contribution in [0.5, 0.6) is 0 Å². The smallest absolute Gasteiger partial charge is 0.416 e. The second kappa shape index (κ2) is 6.96. The summed E-state index contributed by atoms with van der Waals surface area (Å²) in [5.74, 6) is -0.323. The van der Waals surface area contributed by atoms with Gasteiger partial charge in [-0.1, -0.05) is 32.9 Å². The molecule has 0 amide bonds. The molecular formula is C16H21F3O2. The predicted molar refractivity (Wildman–Crippen MR) is 74.8 cm³/mol. The molecule has 1 aromatic rings. The molecule has 0 heterocycles. The van der Waals surface area contributed by atoms with Crippen molar-refractivity contribution < 1.29 is 22.7 Å². The van der Waals surface area contributed by atoms with E-state index in [-0.39, 0.29) is 17.8 Å². The van der Waals surface area contributed by atoms with Crippen molar-refractivity contribution in [1.82, 2.24) is 0 Å². The Kier molecular flexibility index (Phi) is 5.81. The SMILES string of the molecule is CCC(C)(C)COC(=O)CCc1ccc(C(F)(F)F)cc1. The summed E-state index contributed by atoms with van der Waals surface area (Å²) in [6, 6.07) is 4.85. The highest BCUT2D eigenvalue weighted by Gasteiger charge is 2.29. The van der Waals surface area contributed by atoms with Crippen molar-refractivity contribution in [3.05, 3.63) is 35.4 Å². The van der Waals surface area contributed by atoms with E-state index in [0.717, 1.165) is 18.6 Å². The summed E-state index contributed by atoms with van der Waals surface area (Å²) < 4.78 is 42.4. The van der Waals surface area contributed by atoms with Crippen LogP contribution in [0.4, 0.5) is 13.2 Å². The van der Waals surface area contributed by atoms with Gasteiger partial charge in [0.25, 0.3) is 0 Å². The minimum atomic E-state index is -4.33. The maximum Gasteiger partial charge on any atom is 0.416 e. The number of alkyl halides is 3. The summed E-state index contributed by atoms with van der Waals surface area (Å²) in [7, 11) is 0. The number of halogens is 3. The minimum absolute atomic E-state index is 0.0516. The highest BCUT2D eigenvalue weighted by atomic mass is 19.4. The fourth-order valence-electron chi connectivity index (χ4n) is 1.56. The number of aryl methyl sites for hydroxylation is 1. The Labute approximate surface area is 123 Å². The van der Waals surface area contributed by atoms with Crippen molar-refractivity contribution >= 4 is 5.97 Å². The molecule has 2 nitrogen and oxygen atoms in total. The molecule has 0 bridgehead atoms. The molecule has 5 heteroatoms. The van der Waals surface area contributed by atoms with E-state index in [4.69, 9.17) is 4.74 Å². The van der Waals surface area contributed by atoms with Crippen LogP contribution in [0.25, 0.3) is 0 Å². The van der Waals surface area contributed by atoms with Gasteiger partial charge in [0.15, 0.2) is 0 Å². The largest absolute Gasteiger partial charge is 0.465 e. The lowest BCUT2D eigenvalue weighted by Crippen LogP contribution is -2.21. The molecule has 1 aromatic carbocycles. The summed E-state index contributed by atoms with van der Waals surface area (Å²) in [4.78, 5) is 11.6. The van der Waals surface area contributed by atoms with Gasteiger partial charge in [0.2, 0.25) is 0 Å². The standard InChI is InChI=1S/C16H21F3O2/c1-4-15(2,3)11-21-14(20)10-7-12-5-8-13(9-6-12)16(17,18)19/h5-6,8-9H,4,7,10-11H2,1-3H3. The van der Waals surface area contributed by atoms with Crippen LogP contribution in [0.2, 0.25) is 0 Å². The van der Waals surface area contributed by atoms with Crippen molar-refractivity contribution in [1.29, 1.82) is 0 Å². The molecular weight excluding hydrogens is 281 g/mol. The van der Waals surface area contributed by atoms with Gasteiger partial charge >= 0.3 is 12.1 Å². The summed E-state index contributed by atoms with van der Waals surface area (Å²) in [5, 5.41) is 0. The van der Waals surface area contributed by atoms with Gasteiger partial charge in [-0.05, 0) is 36.0 Å². The average Bonchev–Trinajstić information content (AvgIpc) is 2.42. The molecule has 0 saturated heterocycles. The first-order valence-corrected chi connectivity index (χ1v) is 6.96. The first-order valence-electron chi connectivity index (χ1n) is 6.96. The molecule has 0 aliphatic heterocycles. The Bertz CT molecular complexity index is 461. The topological polar surface area (TPSA) is 26.3 Å². The average molecular weight is 302 g/mol. The molecule has 0 radical (unpaired) electrons. The molecule has 21 heavy (non-hydrogen) atoms. The fourth-order valence-corrected chi connectivity index (χ4v) is 1.56. The number of ether oxygens (including phenoxy) is 1. The zero-order valence-corrected chi connectivity index (χ0v) is 12.6. The normalized spacial score (nSPS) is 12.3. The van der Waals surface area contributed by atoms with E-state index >= 15 is 0 Å². The minimum Gasteiger partial charge on any atom is -0.465 e. The van der Waals surface area contributed by atoms with Gasteiger partial charge in [0.05, 0.1) is 12.2 Å². The van der Waals surface area contributed by atoms with E-state index in [0.29, 0.717) is 18.6 Å². The van der Waals surface area contributed by atoms with Crippen molar-refractivity contribution in [3.8, 4) is 0 Å². The van der Waals surface area contributed by atoms with E-state index in [1.54, 1.807) is 0 Å². The van der Waals surface area contributed by atoms with Gasteiger partial charge in [-0.3, -0.25) is 4.79 Å². The fraction of sp³-hybridized carbons (Fsp3) is 0.562. The highest BCUT2D eigenvalue weighted by Crippen LogP contribution is 2.29. The number of esters is 1. The van der Waals surface area contributed by atoms with Crippen molar-refractivity contribution in [3.63, 3.8) is 0 Å². The first kappa shape index (κ1) is 17.5. The summed E-state index contributed by atoms with van der Waals surface area (Å²) in [6.45, 7) is 6.40. The van der Waals surface area contributed by atoms with Crippen LogP contribution in [-0.2, 0) is 22.1 Å². The summed E-state index contributed by atoms with van der Waals surface area (Å²) in [6.07, 6.45) is -2.88. The molecule has 1 rings (SSSR count). The lowest BCUT2D eigenvalue weighted by Gasteiger charge is -2.21. The summed E-state index contributed by atoms with van der Waals surface area (Å²) >= 11 is 0. The highest BCUT2D eigenvalue weighted by molar-refractivity contribution is 5.69. The number of benzene rings is 1. The number of hydrogen-bond donors (Lipinski definition) is 0. The molecule has 0 spiro atoms. The van der Waals surface area contributed by atoms with Gasteiger partial charge in [-0.2, -0.15) is 13.2 Å². The lowest BCUT2D eigenvalue weighted by molar-refractivity contribution is -0.146. The van der Waals surface area contributed by atoms with Crippen molar-refractivity contribution in [2.24, 2.45) is 5.41 Å². The maximum absolute atomic E-state index is 12.4. The Morgan fingerprint density at radius 1 is 1.14 bits per heavy atom. The second-order valence-electron chi connectivity index (χ2n) is 5.87. The van der Waals surface area contributed by atoms with E-state index in [1.807, 2.05) is 20.8 Å². The number of rotatable bonds is 6. The van der Waals surface area contributed by atoms with Gasteiger partial charge in [-0.15, -0.1) is 0 Å². The van der Waals surface area contributed by atoms with Crippen LogP contribution in [-0.4, -0.2) is 12.6 Å². The molecule has 0 aliphatic rings. The van der Waals surface area contributed by atoms with Crippen LogP contribution in [0.1, 0.15) is 44.7 Å². The zero-order valence-electron chi connectivity index (χ0n) is 12.6. The predicted octanol–water partition coefficient (Wildman–Crippen LogP) is 4.62. The number of carbonyl (C=O) groups is 1.